The Balaban J connectivity index is 4.31. The van der Waals surface area contributed by atoms with Gasteiger partial charge in [-0.25, -0.2) is 4.79 Å². The van der Waals surface area contributed by atoms with Crippen molar-refractivity contribution in [2.24, 2.45) is 5.41 Å². The fraction of sp³-hybridized carbons (Fsp3) is 0.833. The topological polar surface area (TPSA) is 107 Å². The summed E-state index contributed by atoms with van der Waals surface area (Å²) in [6, 6.07) is 0. The number of unbranched alkanes of at least 4 members (excludes halogenated alkanes) is 3. The number of aliphatic hydroxyl groups excluding tert-OH is 4. The number of hydrogen-bond donors (Lipinski definition) is 4. The molecule has 0 saturated heterocycles. The van der Waals surface area contributed by atoms with Crippen LogP contribution in [0.25, 0.3) is 0 Å². The zero-order chi connectivity index (χ0) is 18.4. The molecule has 0 spiro atoms. The van der Waals surface area contributed by atoms with Gasteiger partial charge in [-0.15, -0.1) is 0 Å². The first-order valence-corrected chi connectivity index (χ1v) is 8.73. The summed E-state index contributed by atoms with van der Waals surface area (Å²) in [5.41, 5.74) is 0.611. The van der Waals surface area contributed by atoms with Gasteiger partial charge in [0.05, 0.1) is 26.4 Å². The summed E-state index contributed by atoms with van der Waals surface area (Å²) >= 11 is 0. The van der Waals surface area contributed by atoms with Crippen LogP contribution in [0.3, 0.4) is 0 Å². The van der Waals surface area contributed by atoms with Crippen LogP contribution in [0.4, 0.5) is 0 Å². The summed E-state index contributed by atoms with van der Waals surface area (Å²) in [4.78, 5) is 12.2. The van der Waals surface area contributed by atoms with E-state index in [4.69, 9.17) is 9.84 Å². The zero-order valence-electron chi connectivity index (χ0n) is 15.1. The minimum absolute atomic E-state index is 0.193. The summed E-state index contributed by atoms with van der Waals surface area (Å²) in [5.74, 6) is -0.320. The second-order valence-corrected chi connectivity index (χ2v) is 6.58. The summed E-state index contributed by atoms with van der Waals surface area (Å²) in [6.45, 7) is 3.41. The van der Waals surface area contributed by atoms with Crippen LogP contribution in [0, 0.1) is 5.41 Å². The van der Waals surface area contributed by atoms with E-state index < -0.39 is 5.41 Å². The monoisotopic (exact) mass is 346 g/mol. The molecule has 0 aromatic carbocycles. The Hall–Kier alpha value is -0.950. The van der Waals surface area contributed by atoms with E-state index in [0.717, 1.165) is 31.3 Å². The van der Waals surface area contributed by atoms with Crippen LogP contribution in [0.2, 0.25) is 0 Å². The smallest absolute Gasteiger partial charge is 0.333 e. The lowest BCUT2D eigenvalue weighted by molar-refractivity contribution is -0.139. The molecule has 0 aromatic rings. The van der Waals surface area contributed by atoms with E-state index in [1.165, 1.54) is 0 Å². The molecule has 0 radical (unpaired) electrons. The van der Waals surface area contributed by atoms with Crippen LogP contribution in [0.1, 0.15) is 58.8 Å². The number of esters is 1. The molecule has 0 atom stereocenters. The third-order valence-electron chi connectivity index (χ3n) is 4.28. The number of aliphatic hydroxyl groups is 4. The third-order valence-corrected chi connectivity index (χ3v) is 4.28. The molecule has 0 aliphatic carbocycles. The molecule has 0 rings (SSSR count). The Bertz CT molecular complexity index is 361. The first kappa shape index (κ1) is 23.1. The second kappa shape index (κ2) is 13.4. The predicted molar refractivity (Wildman–Crippen MR) is 92.4 cm³/mol. The Kier molecular flexibility index (Phi) is 12.8. The average Bonchev–Trinajstić information content (AvgIpc) is 2.58. The SMILES string of the molecule is CC(C)=C(CCCC(CO)(CO)CO)C(=O)OCCCCCCO. The van der Waals surface area contributed by atoms with E-state index in [1.54, 1.807) is 0 Å². The van der Waals surface area contributed by atoms with E-state index in [-0.39, 0.29) is 32.4 Å². The van der Waals surface area contributed by atoms with Crippen LogP contribution >= 0.6 is 0 Å². The van der Waals surface area contributed by atoms with Crippen molar-refractivity contribution in [3.05, 3.63) is 11.1 Å². The molecule has 0 saturated carbocycles. The summed E-state index contributed by atoms with van der Waals surface area (Å²) in [7, 11) is 0. The van der Waals surface area contributed by atoms with Gasteiger partial charge >= 0.3 is 5.97 Å². The lowest BCUT2D eigenvalue weighted by Crippen LogP contribution is -2.33. The fourth-order valence-electron chi connectivity index (χ4n) is 2.40. The molecule has 0 aromatic heterocycles. The highest BCUT2D eigenvalue weighted by Crippen LogP contribution is 2.25. The Morgan fingerprint density at radius 3 is 1.96 bits per heavy atom. The number of carbonyl (C=O) groups is 1. The summed E-state index contributed by atoms with van der Waals surface area (Å²) in [6.07, 6.45) is 4.90. The highest BCUT2D eigenvalue weighted by Gasteiger charge is 2.28. The number of carbonyl (C=O) groups excluding carboxylic acids is 1. The average molecular weight is 346 g/mol. The molecule has 6 heteroatoms. The maximum absolute atomic E-state index is 12.2. The fourth-order valence-corrected chi connectivity index (χ4v) is 2.40. The van der Waals surface area contributed by atoms with Gasteiger partial charge in [-0.05, 0) is 52.4 Å². The van der Waals surface area contributed by atoms with E-state index in [9.17, 15) is 20.1 Å². The largest absolute Gasteiger partial charge is 0.462 e. The molecular weight excluding hydrogens is 312 g/mol. The third kappa shape index (κ3) is 8.78. The molecule has 6 nitrogen and oxygen atoms in total. The second-order valence-electron chi connectivity index (χ2n) is 6.58. The van der Waals surface area contributed by atoms with Gasteiger partial charge in [-0.1, -0.05) is 12.0 Å². The van der Waals surface area contributed by atoms with Crippen molar-refractivity contribution in [3.8, 4) is 0 Å². The zero-order valence-corrected chi connectivity index (χ0v) is 15.1. The standard InChI is InChI=1S/C18H34O6/c1-15(2)16(8-7-9-18(12-20,13-21)14-22)17(23)24-11-6-4-3-5-10-19/h19-22H,3-14H2,1-2H3. The number of ether oxygens (including phenoxy) is 1. The van der Waals surface area contributed by atoms with Gasteiger partial charge in [0.1, 0.15) is 0 Å². The molecule has 0 fully saturated rings. The van der Waals surface area contributed by atoms with E-state index in [1.807, 2.05) is 13.8 Å². The van der Waals surface area contributed by atoms with Crippen molar-refractivity contribution in [1.29, 1.82) is 0 Å². The van der Waals surface area contributed by atoms with Crippen LogP contribution in [-0.2, 0) is 9.53 Å². The van der Waals surface area contributed by atoms with Crippen LogP contribution in [0.5, 0.6) is 0 Å². The molecule has 0 heterocycles. The lowest BCUT2D eigenvalue weighted by atomic mass is 9.84. The minimum Gasteiger partial charge on any atom is -0.462 e. The van der Waals surface area contributed by atoms with Crippen LogP contribution in [0.15, 0.2) is 11.1 Å². The van der Waals surface area contributed by atoms with Crippen molar-refractivity contribution in [1.82, 2.24) is 0 Å². The molecule has 4 N–H and O–H groups in total. The Morgan fingerprint density at radius 1 is 0.875 bits per heavy atom. The highest BCUT2D eigenvalue weighted by molar-refractivity contribution is 5.89. The first-order valence-electron chi connectivity index (χ1n) is 8.73. The number of hydrogen-bond acceptors (Lipinski definition) is 6. The molecule has 0 unspecified atom stereocenters. The van der Waals surface area contributed by atoms with Crippen molar-refractivity contribution in [3.63, 3.8) is 0 Å². The van der Waals surface area contributed by atoms with Gasteiger partial charge in [0.15, 0.2) is 0 Å². The quantitative estimate of drug-likeness (QED) is 0.216. The van der Waals surface area contributed by atoms with Crippen molar-refractivity contribution < 1.29 is 30.0 Å². The maximum Gasteiger partial charge on any atom is 0.333 e. The van der Waals surface area contributed by atoms with Crippen LogP contribution in [-0.4, -0.2) is 59.4 Å². The van der Waals surface area contributed by atoms with Gasteiger partial charge in [0.25, 0.3) is 0 Å². The summed E-state index contributed by atoms with van der Waals surface area (Å²) < 4.78 is 5.30. The van der Waals surface area contributed by atoms with E-state index in [0.29, 0.717) is 31.4 Å². The minimum atomic E-state index is -0.899. The van der Waals surface area contributed by atoms with E-state index >= 15 is 0 Å². The predicted octanol–water partition coefficient (Wildman–Crippen LogP) is 1.55. The first-order chi connectivity index (χ1) is 11.5. The van der Waals surface area contributed by atoms with Gasteiger partial charge in [0, 0.05) is 17.6 Å². The van der Waals surface area contributed by atoms with Crippen molar-refractivity contribution in [2.75, 3.05) is 33.0 Å². The number of rotatable bonds is 14. The summed E-state index contributed by atoms with van der Waals surface area (Å²) in [5, 5.41) is 36.7. The van der Waals surface area contributed by atoms with E-state index in [2.05, 4.69) is 0 Å². The van der Waals surface area contributed by atoms with Gasteiger partial charge in [-0.3, -0.25) is 0 Å². The highest BCUT2D eigenvalue weighted by atomic mass is 16.5. The van der Waals surface area contributed by atoms with Gasteiger partial charge < -0.3 is 25.2 Å². The number of allylic oxidation sites excluding steroid dienone is 1. The Labute approximate surface area is 145 Å². The lowest BCUT2D eigenvalue weighted by Gasteiger charge is -2.27. The maximum atomic E-state index is 12.2. The normalized spacial score (nSPS) is 11.4. The molecule has 0 aliphatic heterocycles. The molecular formula is C18H34O6. The molecule has 0 aliphatic rings. The molecule has 0 amide bonds. The molecule has 24 heavy (non-hydrogen) atoms. The molecule has 0 bridgehead atoms. The van der Waals surface area contributed by atoms with Gasteiger partial charge in [-0.2, -0.15) is 0 Å². The van der Waals surface area contributed by atoms with Crippen molar-refractivity contribution in [2.45, 2.75) is 58.8 Å². The molecule has 142 valence electrons. The Morgan fingerprint density at radius 2 is 1.46 bits per heavy atom. The van der Waals surface area contributed by atoms with Crippen molar-refractivity contribution >= 4 is 5.97 Å². The van der Waals surface area contributed by atoms with Crippen LogP contribution < -0.4 is 0 Å². The van der Waals surface area contributed by atoms with Gasteiger partial charge in [0.2, 0.25) is 0 Å².